The van der Waals surface area contributed by atoms with Gasteiger partial charge in [0.2, 0.25) is 0 Å². The molecule has 1 aliphatic carbocycles. The van der Waals surface area contributed by atoms with Crippen LogP contribution in [0.1, 0.15) is 86.6 Å². The average Bonchev–Trinajstić information content (AvgIpc) is 3.35. The largest absolute Gasteiger partial charge is 0.463 e. The number of rotatable bonds is 11. The highest BCUT2D eigenvalue weighted by atomic mass is 16.5. The second-order valence-electron chi connectivity index (χ2n) is 10.4. The normalized spacial score (nSPS) is 15.1. The molecule has 0 radical (unpaired) electrons. The summed E-state index contributed by atoms with van der Waals surface area (Å²) in [6, 6.07) is 19.8. The van der Waals surface area contributed by atoms with Gasteiger partial charge in [-0.3, -0.25) is 9.78 Å². The molecule has 190 valence electrons. The number of carbonyl (C=O) groups is 1. The van der Waals surface area contributed by atoms with Crippen LogP contribution in [-0.2, 0) is 28.0 Å². The minimum absolute atomic E-state index is 0.0467. The van der Waals surface area contributed by atoms with E-state index < -0.39 is 5.60 Å². The Balaban J connectivity index is 1.55. The minimum Gasteiger partial charge on any atom is -0.463 e. The van der Waals surface area contributed by atoms with Crippen molar-refractivity contribution in [2.45, 2.75) is 89.8 Å². The molecule has 1 aliphatic rings. The van der Waals surface area contributed by atoms with Crippen molar-refractivity contribution in [3.63, 3.8) is 0 Å². The van der Waals surface area contributed by atoms with Crippen LogP contribution in [0.3, 0.4) is 0 Å². The maximum absolute atomic E-state index is 10.7. The molecule has 0 saturated heterocycles. The summed E-state index contributed by atoms with van der Waals surface area (Å²) in [5, 5.41) is 10.7. The van der Waals surface area contributed by atoms with E-state index in [-0.39, 0.29) is 12.0 Å². The first-order valence-corrected chi connectivity index (χ1v) is 13.4. The van der Waals surface area contributed by atoms with E-state index in [0.717, 1.165) is 68.2 Å². The Labute approximate surface area is 215 Å². The van der Waals surface area contributed by atoms with E-state index in [2.05, 4.69) is 68.2 Å². The SMILES string of the molecule is CCC(CC)(c1ccc(CCC2(O)CCCC2)cc1)c1ccc(-c2ccc(COC=O)cn2)c(C)c1. The average molecular weight is 486 g/mol. The van der Waals surface area contributed by atoms with Gasteiger partial charge >= 0.3 is 0 Å². The third-order valence-electron chi connectivity index (χ3n) is 8.32. The Bertz CT molecular complexity index is 1140. The first kappa shape index (κ1) is 26.1. The first-order chi connectivity index (χ1) is 17.4. The molecular weight excluding hydrogens is 446 g/mol. The van der Waals surface area contributed by atoms with Gasteiger partial charge in [-0.2, -0.15) is 0 Å². The Morgan fingerprint density at radius 2 is 1.64 bits per heavy atom. The second kappa shape index (κ2) is 11.4. The number of nitrogens with zero attached hydrogens (tertiary/aromatic N) is 1. The molecule has 4 nitrogen and oxygen atoms in total. The fourth-order valence-electron chi connectivity index (χ4n) is 5.93. The maximum Gasteiger partial charge on any atom is 0.293 e. The Morgan fingerprint density at radius 1 is 0.972 bits per heavy atom. The summed E-state index contributed by atoms with van der Waals surface area (Å²) in [6.45, 7) is 7.40. The molecule has 36 heavy (non-hydrogen) atoms. The standard InChI is InChI=1S/C32H39NO3/c1-4-32(5-2,27-11-8-25(9-12-27)16-19-31(35)17-6-7-18-31)28-13-14-29(24(3)20-28)30-15-10-26(21-33-30)22-36-23-34/h8-15,20-21,23,35H,4-7,16-19,22H2,1-3H3. The van der Waals surface area contributed by atoms with Crippen LogP contribution in [0.4, 0.5) is 0 Å². The van der Waals surface area contributed by atoms with Crippen molar-refractivity contribution in [3.05, 3.63) is 88.6 Å². The molecule has 1 saturated carbocycles. The predicted octanol–water partition coefficient (Wildman–Crippen LogP) is 7.07. The van der Waals surface area contributed by atoms with Gasteiger partial charge in [-0.05, 0) is 73.8 Å². The van der Waals surface area contributed by atoms with Crippen molar-refractivity contribution < 1.29 is 14.6 Å². The van der Waals surface area contributed by atoms with Crippen molar-refractivity contribution in [2.75, 3.05) is 0 Å². The molecule has 1 N–H and O–H groups in total. The van der Waals surface area contributed by atoms with Crippen LogP contribution < -0.4 is 0 Å². The molecule has 1 fully saturated rings. The van der Waals surface area contributed by atoms with E-state index in [1.165, 1.54) is 22.3 Å². The van der Waals surface area contributed by atoms with Crippen molar-refractivity contribution >= 4 is 6.47 Å². The van der Waals surface area contributed by atoms with Crippen molar-refractivity contribution in [1.82, 2.24) is 4.98 Å². The lowest BCUT2D eigenvalue weighted by Gasteiger charge is -2.34. The van der Waals surface area contributed by atoms with Gasteiger partial charge in [0.05, 0.1) is 11.3 Å². The highest BCUT2D eigenvalue weighted by Crippen LogP contribution is 2.41. The summed E-state index contributed by atoms with van der Waals surface area (Å²) < 4.78 is 4.83. The van der Waals surface area contributed by atoms with Crippen LogP contribution in [0.25, 0.3) is 11.3 Å². The molecule has 1 aromatic heterocycles. The highest BCUT2D eigenvalue weighted by molar-refractivity contribution is 5.65. The summed E-state index contributed by atoms with van der Waals surface area (Å²) in [5.74, 6) is 0. The zero-order chi connectivity index (χ0) is 25.6. The molecule has 1 heterocycles. The van der Waals surface area contributed by atoms with Crippen LogP contribution in [0.5, 0.6) is 0 Å². The second-order valence-corrected chi connectivity index (χ2v) is 10.4. The highest BCUT2D eigenvalue weighted by Gasteiger charge is 2.32. The molecule has 2 aromatic carbocycles. The number of aromatic nitrogens is 1. The quantitative estimate of drug-likeness (QED) is 0.295. The Kier molecular flexibility index (Phi) is 8.25. The zero-order valence-corrected chi connectivity index (χ0v) is 21.9. The summed E-state index contributed by atoms with van der Waals surface area (Å²) in [7, 11) is 0. The third-order valence-corrected chi connectivity index (χ3v) is 8.32. The van der Waals surface area contributed by atoms with Gasteiger partial charge in [0.15, 0.2) is 0 Å². The number of hydrogen-bond acceptors (Lipinski definition) is 4. The van der Waals surface area contributed by atoms with Crippen LogP contribution in [0.2, 0.25) is 0 Å². The van der Waals surface area contributed by atoms with Gasteiger partial charge in [-0.1, -0.05) is 75.2 Å². The number of pyridine rings is 1. The molecule has 4 rings (SSSR count). The summed E-state index contributed by atoms with van der Waals surface area (Å²) in [5.41, 5.74) is 7.59. The van der Waals surface area contributed by atoms with E-state index >= 15 is 0 Å². The lowest BCUT2D eigenvalue weighted by Crippen LogP contribution is -2.26. The number of aliphatic hydroxyl groups is 1. The molecule has 4 heteroatoms. The van der Waals surface area contributed by atoms with Crippen LogP contribution >= 0.6 is 0 Å². The number of hydrogen-bond donors (Lipinski definition) is 1. The zero-order valence-electron chi connectivity index (χ0n) is 21.9. The van der Waals surface area contributed by atoms with E-state index in [9.17, 15) is 9.90 Å². The third kappa shape index (κ3) is 5.54. The lowest BCUT2D eigenvalue weighted by atomic mass is 9.70. The Hall–Kier alpha value is -2.98. The number of benzene rings is 2. The molecule has 0 bridgehead atoms. The topological polar surface area (TPSA) is 59.4 Å². The van der Waals surface area contributed by atoms with Gasteiger partial charge in [0.25, 0.3) is 6.47 Å². The van der Waals surface area contributed by atoms with Gasteiger partial charge in [0.1, 0.15) is 6.61 Å². The molecule has 0 amide bonds. The summed E-state index contributed by atoms with van der Waals surface area (Å²) in [6.07, 6.45) is 9.80. The van der Waals surface area contributed by atoms with E-state index in [1.807, 2.05) is 12.1 Å². The fourth-order valence-corrected chi connectivity index (χ4v) is 5.93. The monoisotopic (exact) mass is 485 g/mol. The number of ether oxygens (including phenoxy) is 1. The van der Waals surface area contributed by atoms with E-state index in [1.54, 1.807) is 6.20 Å². The minimum atomic E-state index is -0.451. The molecular formula is C32H39NO3. The number of aryl methyl sites for hydroxylation is 2. The maximum atomic E-state index is 10.7. The number of carbonyl (C=O) groups excluding carboxylic acids is 1. The van der Waals surface area contributed by atoms with Crippen molar-refractivity contribution in [3.8, 4) is 11.3 Å². The molecule has 0 unspecified atom stereocenters. The van der Waals surface area contributed by atoms with Crippen LogP contribution in [0, 0.1) is 6.92 Å². The molecule has 3 aromatic rings. The molecule has 0 aliphatic heterocycles. The molecule has 0 atom stereocenters. The van der Waals surface area contributed by atoms with Crippen molar-refractivity contribution in [1.29, 1.82) is 0 Å². The van der Waals surface area contributed by atoms with E-state index in [0.29, 0.717) is 6.47 Å². The predicted molar refractivity (Wildman–Crippen MR) is 145 cm³/mol. The van der Waals surface area contributed by atoms with Crippen LogP contribution in [-0.4, -0.2) is 22.2 Å². The smallest absolute Gasteiger partial charge is 0.293 e. The first-order valence-electron chi connectivity index (χ1n) is 13.4. The fraction of sp³-hybridized carbons (Fsp3) is 0.438. The summed E-state index contributed by atoms with van der Waals surface area (Å²) in [4.78, 5) is 15.0. The van der Waals surface area contributed by atoms with Crippen molar-refractivity contribution in [2.24, 2.45) is 0 Å². The van der Waals surface area contributed by atoms with Gasteiger partial charge in [0, 0.05) is 22.7 Å². The van der Waals surface area contributed by atoms with Gasteiger partial charge in [-0.15, -0.1) is 0 Å². The Morgan fingerprint density at radius 3 is 2.22 bits per heavy atom. The van der Waals surface area contributed by atoms with Gasteiger partial charge in [-0.25, -0.2) is 0 Å². The van der Waals surface area contributed by atoms with Gasteiger partial charge < -0.3 is 9.84 Å². The summed E-state index contributed by atoms with van der Waals surface area (Å²) >= 11 is 0. The van der Waals surface area contributed by atoms with Crippen LogP contribution in [0.15, 0.2) is 60.8 Å². The lowest BCUT2D eigenvalue weighted by molar-refractivity contribution is -0.129. The van der Waals surface area contributed by atoms with E-state index in [4.69, 9.17) is 4.74 Å². The molecule has 0 spiro atoms.